The molecule has 0 spiro atoms. The van der Waals surface area contributed by atoms with Gasteiger partial charge in [-0.2, -0.15) is 8.42 Å². The fourth-order valence-electron chi connectivity index (χ4n) is 2.56. The van der Waals surface area contributed by atoms with Crippen LogP contribution in [0.25, 0.3) is 0 Å². The molecule has 0 fully saturated rings. The van der Waals surface area contributed by atoms with Gasteiger partial charge in [-0.25, -0.2) is 0 Å². The van der Waals surface area contributed by atoms with E-state index < -0.39 is 10.1 Å². The number of benzene rings is 1. The van der Waals surface area contributed by atoms with E-state index in [0.29, 0.717) is 5.92 Å². The molecule has 114 valence electrons. The van der Waals surface area contributed by atoms with Gasteiger partial charge in [-0.3, -0.25) is 4.55 Å². The summed E-state index contributed by atoms with van der Waals surface area (Å²) in [5.74, 6) is 0.493. The van der Waals surface area contributed by atoms with Crippen LogP contribution in [-0.4, -0.2) is 13.0 Å². The molecule has 0 saturated heterocycles. The van der Waals surface area contributed by atoms with Crippen molar-refractivity contribution >= 4 is 10.1 Å². The van der Waals surface area contributed by atoms with Crippen molar-refractivity contribution in [3.63, 3.8) is 0 Å². The molecule has 1 aromatic carbocycles. The van der Waals surface area contributed by atoms with Crippen molar-refractivity contribution in [1.29, 1.82) is 0 Å². The summed E-state index contributed by atoms with van der Waals surface area (Å²) in [6, 6.07) is 6.67. The maximum absolute atomic E-state index is 11.0. The highest BCUT2D eigenvalue weighted by Crippen LogP contribution is 2.28. The molecular weight excluding hydrogens is 272 g/mol. The Morgan fingerprint density at radius 3 is 2.10 bits per heavy atom. The topological polar surface area (TPSA) is 54.4 Å². The molecule has 0 radical (unpaired) electrons. The zero-order valence-electron chi connectivity index (χ0n) is 12.5. The highest BCUT2D eigenvalue weighted by molar-refractivity contribution is 7.85. The monoisotopic (exact) mass is 298 g/mol. The van der Waals surface area contributed by atoms with E-state index in [9.17, 15) is 8.42 Å². The smallest absolute Gasteiger partial charge is 0.282 e. The zero-order chi connectivity index (χ0) is 15.0. The largest absolute Gasteiger partial charge is 0.294 e. The van der Waals surface area contributed by atoms with Gasteiger partial charge in [-0.1, -0.05) is 58.1 Å². The third-order valence-electron chi connectivity index (χ3n) is 3.69. The van der Waals surface area contributed by atoms with Crippen LogP contribution in [0.5, 0.6) is 0 Å². The maximum Gasteiger partial charge on any atom is 0.294 e. The van der Waals surface area contributed by atoms with Crippen molar-refractivity contribution in [3.8, 4) is 0 Å². The van der Waals surface area contributed by atoms with Gasteiger partial charge in [0.25, 0.3) is 10.1 Å². The van der Waals surface area contributed by atoms with Crippen LogP contribution in [0.15, 0.2) is 29.2 Å². The Labute approximate surface area is 123 Å². The minimum Gasteiger partial charge on any atom is -0.282 e. The summed E-state index contributed by atoms with van der Waals surface area (Å²) in [4.78, 5) is -0.0255. The molecular formula is C16H26O3S. The van der Waals surface area contributed by atoms with Crippen molar-refractivity contribution in [2.45, 2.75) is 69.6 Å². The van der Waals surface area contributed by atoms with Crippen LogP contribution >= 0.6 is 0 Å². The van der Waals surface area contributed by atoms with E-state index in [1.54, 1.807) is 0 Å². The molecule has 0 aromatic heterocycles. The Bertz CT molecular complexity index is 477. The SMILES string of the molecule is CCCCCCC(CCC)c1ccc(S(=O)(=O)O)cc1. The minimum absolute atomic E-state index is 0.0255. The van der Waals surface area contributed by atoms with Crippen LogP contribution in [0.2, 0.25) is 0 Å². The van der Waals surface area contributed by atoms with Crippen molar-refractivity contribution in [1.82, 2.24) is 0 Å². The van der Waals surface area contributed by atoms with Gasteiger partial charge < -0.3 is 0 Å². The van der Waals surface area contributed by atoms with Crippen molar-refractivity contribution < 1.29 is 13.0 Å². The van der Waals surface area contributed by atoms with Crippen LogP contribution in [0.4, 0.5) is 0 Å². The lowest BCUT2D eigenvalue weighted by Gasteiger charge is -2.17. The Morgan fingerprint density at radius 2 is 1.60 bits per heavy atom. The molecule has 1 atom stereocenters. The molecule has 4 heteroatoms. The quantitative estimate of drug-likeness (QED) is 0.527. The van der Waals surface area contributed by atoms with Crippen LogP contribution in [0.1, 0.15) is 70.3 Å². The lowest BCUT2D eigenvalue weighted by Crippen LogP contribution is -2.02. The summed E-state index contributed by atoms with van der Waals surface area (Å²) < 4.78 is 31.1. The van der Waals surface area contributed by atoms with Crippen molar-refractivity contribution in [2.24, 2.45) is 0 Å². The van der Waals surface area contributed by atoms with Gasteiger partial charge in [0, 0.05) is 0 Å². The summed E-state index contributed by atoms with van der Waals surface area (Å²) in [6.45, 7) is 4.38. The van der Waals surface area contributed by atoms with Crippen LogP contribution in [-0.2, 0) is 10.1 Å². The molecule has 0 amide bonds. The molecule has 1 aromatic rings. The zero-order valence-corrected chi connectivity index (χ0v) is 13.3. The van der Waals surface area contributed by atoms with Gasteiger partial charge in [-0.05, 0) is 36.5 Å². The van der Waals surface area contributed by atoms with Gasteiger partial charge in [-0.15, -0.1) is 0 Å². The van der Waals surface area contributed by atoms with Crippen LogP contribution in [0.3, 0.4) is 0 Å². The third-order valence-corrected chi connectivity index (χ3v) is 4.56. The molecule has 0 heterocycles. The summed E-state index contributed by atoms with van der Waals surface area (Å²) in [7, 11) is -4.08. The Morgan fingerprint density at radius 1 is 0.950 bits per heavy atom. The lowest BCUT2D eigenvalue weighted by molar-refractivity contribution is 0.483. The van der Waals surface area contributed by atoms with Gasteiger partial charge in [0.1, 0.15) is 0 Å². The molecule has 0 aliphatic carbocycles. The van der Waals surface area contributed by atoms with E-state index >= 15 is 0 Å². The average molecular weight is 298 g/mol. The highest BCUT2D eigenvalue weighted by atomic mass is 32.2. The highest BCUT2D eigenvalue weighted by Gasteiger charge is 2.13. The third kappa shape index (κ3) is 5.63. The molecule has 0 saturated carbocycles. The van der Waals surface area contributed by atoms with E-state index in [-0.39, 0.29) is 4.90 Å². The summed E-state index contributed by atoms with van der Waals surface area (Å²) >= 11 is 0. The first-order valence-corrected chi connectivity index (χ1v) is 9.00. The molecule has 0 bridgehead atoms. The summed E-state index contributed by atoms with van der Waals surface area (Å²) in [6.07, 6.45) is 8.40. The van der Waals surface area contributed by atoms with Crippen molar-refractivity contribution in [3.05, 3.63) is 29.8 Å². The first-order chi connectivity index (χ1) is 9.49. The standard InChI is InChI=1S/C16H26O3S/c1-3-5-6-7-9-14(8-4-2)15-10-12-16(13-11-15)20(17,18)19/h10-14H,3-9H2,1-2H3,(H,17,18,19). The molecule has 0 aliphatic rings. The number of hydrogen-bond acceptors (Lipinski definition) is 2. The van der Waals surface area contributed by atoms with Gasteiger partial charge >= 0.3 is 0 Å². The first-order valence-electron chi connectivity index (χ1n) is 7.56. The Balaban J connectivity index is 2.71. The molecule has 20 heavy (non-hydrogen) atoms. The summed E-state index contributed by atoms with van der Waals surface area (Å²) in [5, 5.41) is 0. The number of rotatable bonds is 9. The Kier molecular flexibility index (Phi) is 7.24. The second-order valence-electron chi connectivity index (χ2n) is 5.38. The van der Waals surface area contributed by atoms with E-state index in [0.717, 1.165) is 19.3 Å². The molecule has 1 rings (SSSR count). The predicted octanol–water partition coefficient (Wildman–Crippen LogP) is 4.79. The van der Waals surface area contributed by atoms with Gasteiger partial charge in [0.15, 0.2) is 0 Å². The lowest BCUT2D eigenvalue weighted by atomic mass is 9.89. The van der Waals surface area contributed by atoms with Crippen molar-refractivity contribution in [2.75, 3.05) is 0 Å². The van der Waals surface area contributed by atoms with E-state index in [1.165, 1.54) is 43.4 Å². The first kappa shape index (κ1) is 17.2. The van der Waals surface area contributed by atoms with Gasteiger partial charge in [0.2, 0.25) is 0 Å². The maximum atomic E-state index is 11.0. The Hall–Kier alpha value is -0.870. The second-order valence-corrected chi connectivity index (χ2v) is 6.80. The van der Waals surface area contributed by atoms with Gasteiger partial charge in [0.05, 0.1) is 4.90 Å². The second kappa shape index (κ2) is 8.42. The normalized spacial score (nSPS) is 13.3. The van der Waals surface area contributed by atoms with Crippen LogP contribution in [0, 0.1) is 0 Å². The molecule has 3 nitrogen and oxygen atoms in total. The molecule has 0 aliphatic heterocycles. The number of hydrogen-bond donors (Lipinski definition) is 1. The van der Waals surface area contributed by atoms with E-state index in [2.05, 4.69) is 13.8 Å². The number of unbranched alkanes of at least 4 members (excludes halogenated alkanes) is 3. The fourth-order valence-corrected chi connectivity index (χ4v) is 3.04. The van der Waals surface area contributed by atoms with E-state index in [1.807, 2.05) is 12.1 Å². The average Bonchev–Trinajstić information content (AvgIpc) is 2.41. The predicted molar refractivity (Wildman–Crippen MR) is 82.7 cm³/mol. The molecule has 1 N–H and O–H groups in total. The van der Waals surface area contributed by atoms with Crippen LogP contribution < -0.4 is 0 Å². The van der Waals surface area contributed by atoms with E-state index in [4.69, 9.17) is 4.55 Å². The fraction of sp³-hybridized carbons (Fsp3) is 0.625. The summed E-state index contributed by atoms with van der Waals surface area (Å²) in [5.41, 5.74) is 1.18. The molecule has 1 unspecified atom stereocenters. The minimum atomic E-state index is -4.08.